The first-order valence-corrected chi connectivity index (χ1v) is 25.2. The zero-order valence-corrected chi connectivity index (χ0v) is 43.4. The molecule has 5 N–H and O–H groups in total. The molecule has 15 nitrogen and oxygen atoms in total. The smallest absolute Gasteiger partial charge is 0.335 e. The Hall–Kier alpha value is -6.76. The predicted octanol–water partition coefficient (Wildman–Crippen LogP) is 9.27. The molecule has 0 unspecified atom stereocenters. The lowest BCUT2D eigenvalue weighted by atomic mass is 9.89. The number of aromatic carboxylic acids is 1. The molecule has 0 saturated heterocycles. The summed E-state index contributed by atoms with van der Waals surface area (Å²) >= 11 is 0. The Bertz CT molecular complexity index is 3010. The van der Waals surface area contributed by atoms with Gasteiger partial charge in [-0.05, 0) is 181 Å². The highest BCUT2D eigenvalue weighted by Gasteiger charge is 2.30. The normalized spacial score (nSPS) is 18.0. The summed E-state index contributed by atoms with van der Waals surface area (Å²) in [5.74, 6) is 0.294. The summed E-state index contributed by atoms with van der Waals surface area (Å²) < 4.78 is 0. The molecule has 0 spiro atoms. The minimum atomic E-state index is -0.967. The Morgan fingerprint density at radius 1 is 0.634 bits per heavy atom. The fourth-order valence-corrected chi connectivity index (χ4v) is 11.0. The van der Waals surface area contributed by atoms with Crippen LogP contribution in [0.1, 0.15) is 115 Å². The summed E-state index contributed by atoms with van der Waals surface area (Å²) in [6.45, 7) is 14.3. The van der Waals surface area contributed by atoms with E-state index in [4.69, 9.17) is 0 Å². The number of hydrogen-bond donors (Lipinski definition) is 5. The molecule has 0 radical (unpaired) electrons. The van der Waals surface area contributed by atoms with Crippen molar-refractivity contribution in [1.82, 2.24) is 29.7 Å². The molecule has 4 aromatic heterocycles. The first-order chi connectivity index (χ1) is 34.0. The van der Waals surface area contributed by atoms with Crippen LogP contribution in [0.25, 0.3) is 21.5 Å². The van der Waals surface area contributed by atoms with E-state index in [1.54, 1.807) is 18.3 Å². The predicted molar refractivity (Wildman–Crippen MR) is 288 cm³/mol. The number of carboxylic acids is 1. The van der Waals surface area contributed by atoms with E-state index in [1.807, 2.05) is 70.3 Å². The van der Waals surface area contributed by atoms with Crippen molar-refractivity contribution in [3.05, 3.63) is 126 Å². The minimum absolute atomic E-state index is 0.0841. The standard InChI is InChI=1S/C28H36N6O.C28H37N5O3/c1-6-34(22-9-7-21(8-10-22)33(4)5)26-15-20(16-29)14-24-23(26)11-12-30-27(24)31-17-25-18(2)13-19(3)32-28(25)35;1-6-33(21-9-7-20(8-10-21)32(4)5)25-15-19(28(35)36)14-23-22(25)11-12-29-26(23)30-16-24-17(2)13-18(3)31-27(24)34/h11-15,21-22H,6-10,17H2,1-5H3,(H,30,31)(H,32,35);11-15,20-21H,6-10,16H2,1-5H3,(H,29,30)(H,31,34)(H,35,36). The minimum Gasteiger partial charge on any atom is -0.478 e. The van der Waals surface area contributed by atoms with Crippen LogP contribution in [0.5, 0.6) is 0 Å². The van der Waals surface area contributed by atoms with Gasteiger partial charge in [0.15, 0.2) is 0 Å². The van der Waals surface area contributed by atoms with Crippen molar-refractivity contribution in [2.24, 2.45) is 0 Å². The van der Waals surface area contributed by atoms with Crippen LogP contribution < -0.4 is 31.6 Å². The second-order valence-electron chi connectivity index (χ2n) is 19.9. The van der Waals surface area contributed by atoms with Gasteiger partial charge in [-0.2, -0.15) is 5.26 Å². The SMILES string of the molecule is CCN(c1cc(C#N)cc2c(NCc3c(C)cc(C)[nH]c3=O)nccc12)C1CCC(N(C)C)CC1.CCN(c1cc(C(=O)O)cc2c(NCc3c(C)cc(C)[nH]c3=O)nccc12)C1CCC(N(C)C)CC1. The highest BCUT2D eigenvalue weighted by molar-refractivity contribution is 6.05. The molecule has 0 aliphatic heterocycles. The average Bonchev–Trinajstić information content (AvgIpc) is 3.34. The van der Waals surface area contributed by atoms with E-state index >= 15 is 0 Å². The highest BCUT2D eigenvalue weighted by Crippen LogP contribution is 2.38. The van der Waals surface area contributed by atoms with Crippen molar-refractivity contribution >= 4 is 50.5 Å². The maximum absolute atomic E-state index is 12.5. The van der Waals surface area contributed by atoms with Crippen molar-refractivity contribution in [3.63, 3.8) is 0 Å². The van der Waals surface area contributed by atoms with Crippen molar-refractivity contribution < 1.29 is 9.90 Å². The van der Waals surface area contributed by atoms with Crippen LogP contribution in [-0.4, -0.2) is 106 Å². The van der Waals surface area contributed by atoms with Gasteiger partial charge in [0.05, 0.1) is 17.2 Å². The Morgan fingerprint density at radius 2 is 1.04 bits per heavy atom. The molecule has 8 rings (SSSR count). The van der Waals surface area contributed by atoms with E-state index in [2.05, 4.69) is 98.3 Å². The number of anilines is 4. The molecule has 2 aliphatic carbocycles. The third-order valence-corrected chi connectivity index (χ3v) is 14.9. The molecule has 0 bridgehead atoms. The van der Waals surface area contributed by atoms with Crippen LogP contribution in [0.4, 0.5) is 23.0 Å². The Balaban J connectivity index is 0.000000209. The molecule has 2 aromatic carbocycles. The number of H-pyrrole nitrogens is 2. The van der Waals surface area contributed by atoms with E-state index in [0.29, 0.717) is 65.6 Å². The third kappa shape index (κ3) is 11.9. The number of nitrogens with zero attached hydrogens (tertiary/aromatic N) is 7. The van der Waals surface area contributed by atoms with Crippen LogP contribution in [0.3, 0.4) is 0 Å². The van der Waals surface area contributed by atoms with Gasteiger partial charge in [-0.1, -0.05) is 0 Å². The fraction of sp³-hybridized carbons (Fsp3) is 0.464. The second-order valence-corrected chi connectivity index (χ2v) is 19.9. The van der Waals surface area contributed by atoms with E-state index in [0.717, 1.165) is 107 Å². The number of nitriles is 1. The fourth-order valence-electron chi connectivity index (χ4n) is 11.0. The van der Waals surface area contributed by atoms with E-state index in [9.17, 15) is 24.8 Å². The zero-order chi connectivity index (χ0) is 51.1. The summed E-state index contributed by atoms with van der Waals surface area (Å²) in [7, 11) is 8.61. The molecule has 6 aromatic rings. The molecule has 71 heavy (non-hydrogen) atoms. The number of pyridine rings is 4. The van der Waals surface area contributed by atoms with Gasteiger partial charge in [0, 0.05) is 118 Å². The zero-order valence-electron chi connectivity index (χ0n) is 43.4. The van der Waals surface area contributed by atoms with Crippen molar-refractivity contribution in [3.8, 4) is 6.07 Å². The van der Waals surface area contributed by atoms with Crippen LogP contribution >= 0.6 is 0 Å². The summed E-state index contributed by atoms with van der Waals surface area (Å²) in [4.78, 5) is 61.4. The van der Waals surface area contributed by atoms with Crippen LogP contribution in [-0.2, 0) is 13.1 Å². The summed E-state index contributed by atoms with van der Waals surface area (Å²) in [6.07, 6.45) is 12.6. The molecule has 15 heteroatoms. The topological polar surface area (TPSA) is 190 Å². The van der Waals surface area contributed by atoms with Gasteiger partial charge < -0.3 is 45.3 Å². The number of nitrogens with one attached hydrogen (secondary N) is 4. The molecule has 2 fully saturated rings. The van der Waals surface area contributed by atoms with Gasteiger partial charge in [-0.15, -0.1) is 0 Å². The van der Waals surface area contributed by atoms with E-state index in [1.165, 1.54) is 12.8 Å². The second kappa shape index (κ2) is 23.0. The molecule has 0 amide bonds. The van der Waals surface area contributed by atoms with Gasteiger partial charge in [-0.25, -0.2) is 14.8 Å². The maximum atomic E-state index is 12.5. The maximum Gasteiger partial charge on any atom is 0.335 e. The van der Waals surface area contributed by atoms with Crippen LogP contribution in [0.2, 0.25) is 0 Å². The molecule has 4 heterocycles. The molecular formula is C56H73N11O4. The number of aromatic nitrogens is 4. The number of carbonyl (C=O) groups is 1. The van der Waals surface area contributed by atoms with Gasteiger partial charge in [0.2, 0.25) is 0 Å². The average molecular weight is 964 g/mol. The van der Waals surface area contributed by atoms with Gasteiger partial charge in [0.1, 0.15) is 11.6 Å². The van der Waals surface area contributed by atoms with Crippen molar-refractivity contribution in [2.45, 2.75) is 130 Å². The molecule has 376 valence electrons. The van der Waals surface area contributed by atoms with E-state index < -0.39 is 5.97 Å². The summed E-state index contributed by atoms with van der Waals surface area (Å²) in [5, 5.41) is 30.1. The molecule has 2 saturated carbocycles. The Labute approximate surface area is 418 Å². The lowest BCUT2D eigenvalue weighted by Crippen LogP contribution is -2.42. The van der Waals surface area contributed by atoms with Crippen molar-refractivity contribution in [1.29, 1.82) is 5.26 Å². The first kappa shape index (κ1) is 52.1. The number of hydrogen-bond acceptors (Lipinski definition) is 12. The Morgan fingerprint density at radius 3 is 1.42 bits per heavy atom. The third-order valence-electron chi connectivity index (χ3n) is 14.9. The van der Waals surface area contributed by atoms with Crippen LogP contribution in [0.15, 0.2) is 70.5 Å². The number of benzene rings is 2. The van der Waals surface area contributed by atoms with Gasteiger partial charge in [-0.3, -0.25) is 9.59 Å². The number of aryl methyl sites for hydroxylation is 4. The number of fused-ring (bicyclic) bond motifs is 2. The number of rotatable bonds is 15. The number of aromatic amines is 2. The summed E-state index contributed by atoms with van der Waals surface area (Å²) in [5.41, 5.74) is 7.51. The van der Waals surface area contributed by atoms with Gasteiger partial charge >= 0.3 is 5.97 Å². The molecular weight excluding hydrogens is 891 g/mol. The highest BCUT2D eigenvalue weighted by atomic mass is 16.4. The quantitative estimate of drug-likeness (QED) is 0.0656. The largest absolute Gasteiger partial charge is 0.478 e. The molecule has 0 atom stereocenters. The lowest BCUT2D eigenvalue weighted by molar-refractivity contribution is 0.0697. The number of carboxylic acid groups (broad SMARTS) is 1. The van der Waals surface area contributed by atoms with Gasteiger partial charge in [0.25, 0.3) is 11.1 Å². The monoisotopic (exact) mass is 964 g/mol. The van der Waals surface area contributed by atoms with E-state index in [-0.39, 0.29) is 16.7 Å². The van der Waals surface area contributed by atoms with Crippen LogP contribution in [0, 0.1) is 39.0 Å². The lowest BCUT2D eigenvalue weighted by Gasteiger charge is -2.40. The Kier molecular flexibility index (Phi) is 16.9. The summed E-state index contributed by atoms with van der Waals surface area (Å²) in [6, 6.07) is 19.7. The molecule has 2 aliphatic rings. The van der Waals surface area contributed by atoms with Crippen molar-refractivity contribution in [2.75, 3.05) is 61.7 Å². The first-order valence-electron chi connectivity index (χ1n) is 25.2.